The van der Waals surface area contributed by atoms with E-state index in [4.69, 9.17) is 0 Å². The van der Waals surface area contributed by atoms with E-state index in [-0.39, 0.29) is 34.3 Å². The van der Waals surface area contributed by atoms with E-state index in [2.05, 4.69) is 33.2 Å². The van der Waals surface area contributed by atoms with Gasteiger partial charge in [-0.3, -0.25) is 9.59 Å². The van der Waals surface area contributed by atoms with Gasteiger partial charge in [-0.05, 0) is 43.9 Å². The summed E-state index contributed by atoms with van der Waals surface area (Å²) >= 11 is 2.40. The Balaban J connectivity index is 1.31. The van der Waals surface area contributed by atoms with Gasteiger partial charge in [-0.15, -0.1) is 0 Å². The Morgan fingerprint density at radius 3 is 2.31 bits per heavy atom. The van der Waals surface area contributed by atoms with E-state index in [1.807, 2.05) is 0 Å². The summed E-state index contributed by atoms with van der Waals surface area (Å²) in [6.45, 7) is 3.70. The number of fused-ring (bicyclic) bond motifs is 2. The van der Waals surface area contributed by atoms with Crippen molar-refractivity contribution in [2.75, 3.05) is 17.6 Å². The number of hydrogen-bond acceptors (Lipinski definition) is 4. The summed E-state index contributed by atoms with van der Waals surface area (Å²) in [6, 6.07) is 0. The van der Waals surface area contributed by atoms with Crippen LogP contribution in [0.1, 0.15) is 52.4 Å². The Morgan fingerprint density at radius 2 is 1.85 bits per heavy atom. The zero-order valence-corrected chi connectivity index (χ0v) is 17.7. The fourth-order valence-corrected chi connectivity index (χ4v) is 6.76. The number of alkyl halides is 1. The van der Waals surface area contributed by atoms with Crippen molar-refractivity contribution in [3.8, 4) is 0 Å². The molecular weight excluding hydrogens is 447 g/mol. The number of amides is 2. The number of rotatable bonds is 8. The largest absolute Gasteiger partial charge is 0.396 e. The molecule has 0 aromatic rings. The molecule has 0 radical (unpaired) electrons. The maximum Gasteiger partial charge on any atom is 0.249 e. The minimum absolute atomic E-state index is 0.0380. The molecule has 2 amide bonds. The molecule has 6 nitrogen and oxygen atoms in total. The minimum atomic E-state index is -1.24. The molecule has 0 aliphatic heterocycles. The van der Waals surface area contributed by atoms with Crippen LogP contribution in [0, 0.1) is 21.7 Å². The molecule has 0 heterocycles. The van der Waals surface area contributed by atoms with Gasteiger partial charge in [0.25, 0.3) is 0 Å². The number of carbonyl (C=O) groups excluding carboxylic acids is 2. The topological polar surface area (TPSA) is 98.7 Å². The van der Waals surface area contributed by atoms with Crippen molar-refractivity contribution >= 4 is 34.4 Å². The maximum atomic E-state index is 12.7. The quantitative estimate of drug-likeness (QED) is 0.312. The highest BCUT2D eigenvalue weighted by atomic mass is 127. The van der Waals surface area contributed by atoms with Crippen LogP contribution in [0.15, 0.2) is 0 Å². The Morgan fingerprint density at radius 1 is 1.15 bits per heavy atom. The van der Waals surface area contributed by atoms with Crippen molar-refractivity contribution in [1.82, 2.24) is 10.6 Å². The van der Waals surface area contributed by atoms with Gasteiger partial charge in [0.2, 0.25) is 11.8 Å². The third-order valence-electron chi connectivity index (χ3n) is 8.16. The van der Waals surface area contributed by atoms with Crippen molar-refractivity contribution in [2.24, 2.45) is 21.7 Å². The maximum absolute atomic E-state index is 12.7. The van der Waals surface area contributed by atoms with E-state index < -0.39 is 17.4 Å². The van der Waals surface area contributed by atoms with Crippen LogP contribution in [0.4, 0.5) is 0 Å². The lowest BCUT2D eigenvalue weighted by molar-refractivity contribution is -0.139. The van der Waals surface area contributed by atoms with Gasteiger partial charge in [-0.25, -0.2) is 0 Å². The predicted octanol–water partition coefficient (Wildman–Crippen LogP) is 1.13. The van der Waals surface area contributed by atoms with E-state index in [0.717, 1.165) is 36.5 Å². The van der Waals surface area contributed by atoms with Gasteiger partial charge in [-0.1, -0.05) is 36.4 Å². The number of aliphatic hydroxyl groups is 2. The van der Waals surface area contributed by atoms with E-state index in [9.17, 15) is 19.8 Å². The number of nitrogens with one attached hydrogen (secondary N) is 2. The van der Waals surface area contributed by atoms with E-state index in [1.54, 1.807) is 13.8 Å². The van der Waals surface area contributed by atoms with Crippen LogP contribution in [-0.2, 0) is 9.59 Å². The van der Waals surface area contributed by atoms with Gasteiger partial charge in [0, 0.05) is 27.3 Å². The molecule has 7 heteroatoms. The molecule has 0 spiro atoms. The summed E-state index contributed by atoms with van der Waals surface area (Å²) in [7, 11) is 0. The second-order valence-corrected chi connectivity index (χ2v) is 10.7. The van der Waals surface area contributed by atoms with Gasteiger partial charge >= 0.3 is 0 Å². The second kappa shape index (κ2) is 5.56. The molecule has 4 rings (SSSR count). The van der Waals surface area contributed by atoms with E-state index in [0.29, 0.717) is 6.54 Å². The van der Waals surface area contributed by atoms with Crippen LogP contribution in [0.3, 0.4) is 0 Å². The first-order valence-corrected chi connectivity index (χ1v) is 11.1. The molecule has 0 aromatic heterocycles. The predicted molar refractivity (Wildman–Crippen MR) is 105 cm³/mol. The van der Waals surface area contributed by atoms with Crippen molar-refractivity contribution in [2.45, 2.75) is 64.0 Å². The Kier molecular flexibility index (Phi) is 4.05. The highest BCUT2D eigenvalue weighted by molar-refractivity contribution is 14.1. The third kappa shape index (κ3) is 2.28. The van der Waals surface area contributed by atoms with Crippen molar-refractivity contribution in [3.63, 3.8) is 0 Å². The molecule has 0 bridgehead atoms. The van der Waals surface area contributed by atoms with Crippen LogP contribution >= 0.6 is 22.6 Å². The first kappa shape index (κ1) is 18.9. The summed E-state index contributed by atoms with van der Waals surface area (Å²) in [5.74, 6) is -0.212. The molecule has 4 unspecified atom stereocenters. The van der Waals surface area contributed by atoms with E-state index in [1.165, 1.54) is 6.42 Å². The van der Waals surface area contributed by atoms with Crippen LogP contribution in [0.5, 0.6) is 0 Å². The number of halogens is 1. The Bertz CT molecular complexity index is 666. The third-order valence-corrected chi connectivity index (χ3v) is 9.62. The van der Waals surface area contributed by atoms with Crippen LogP contribution in [0.2, 0.25) is 0 Å². The number of carbonyl (C=O) groups is 2. The standard InChI is InChI=1S/C19H29IN2O4/c1-15(2,11-23)12(24)13(25)22-19-6-4-17(19,8-19)10-21-14(26)18-5-3-16(18,7-18)9-20/h12,23-24H,3-11H2,1-2H3,(H,21,26)(H,22,25)/t12-,16?,17?,18?,19?/m1/s1. The van der Waals surface area contributed by atoms with Crippen LogP contribution in [0.25, 0.3) is 0 Å². The molecular formula is C19H29IN2O4. The molecule has 0 aromatic carbocycles. The molecule has 0 saturated heterocycles. The van der Waals surface area contributed by atoms with E-state index >= 15 is 0 Å². The molecule has 5 atom stereocenters. The van der Waals surface area contributed by atoms with Crippen molar-refractivity contribution < 1.29 is 19.8 Å². The van der Waals surface area contributed by atoms with Crippen molar-refractivity contribution in [3.05, 3.63) is 0 Å². The van der Waals surface area contributed by atoms with Gasteiger partial charge in [0.15, 0.2) is 0 Å². The lowest BCUT2D eigenvalue weighted by Crippen LogP contribution is -2.56. The van der Waals surface area contributed by atoms with Gasteiger partial charge < -0.3 is 20.8 Å². The summed E-state index contributed by atoms with van der Waals surface area (Å²) in [6.07, 6.45) is 4.74. The second-order valence-electron chi connectivity index (χ2n) is 9.93. The Labute approximate surface area is 168 Å². The average molecular weight is 476 g/mol. The van der Waals surface area contributed by atoms with Gasteiger partial charge in [0.1, 0.15) is 6.10 Å². The molecule has 26 heavy (non-hydrogen) atoms. The highest BCUT2D eigenvalue weighted by Crippen LogP contribution is 2.78. The van der Waals surface area contributed by atoms with Crippen LogP contribution < -0.4 is 10.6 Å². The smallest absolute Gasteiger partial charge is 0.249 e. The molecule has 146 valence electrons. The SMILES string of the molecule is CC(C)(CO)[C@H](O)C(=O)NC12CCC1(CNC(=O)C13CCC1(CI)C3)C2. The fourth-order valence-electron chi connectivity index (χ4n) is 5.38. The highest BCUT2D eigenvalue weighted by Gasteiger charge is 2.78. The molecule has 4 fully saturated rings. The van der Waals surface area contributed by atoms with Crippen molar-refractivity contribution in [1.29, 1.82) is 0 Å². The fraction of sp³-hybridized carbons (Fsp3) is 0.895. The summed E-state index contributed by atoms with van der Waals surface area (Å²) < 4.78 is 1.06. The molecule has 4 N–H and O–H groups in total. The number of aliphatic hydroxyl groups excluding tert-OH is 2. The van der Waals surface area contributed by atoms with Gasteiger partial charge in [0.05, 0.1) is 12.0 Å². The average Bonchev–Trinajstić information content (AvgIpc) is 3.29. The summed E-state index contributed by atoms with van der Waals surface area (Å²) in [5.41, 5.74) is -1.01. The van der Waals surface area contributed by atoms with Crippen LogP contribution in [-0.4, -0.2) is 51.2 Å². The van der Waals surface area contributed by atoms with Gasteiger partial charge in [-0.2, -0.15) is 0 Å². The Hall–Kier alpha value is -0.410. The number of hydrogen-bond donors (Lipinski definition) is 4. The monoisotopic (exact) mass is 476 g/mol. The molecule has 4 saturated carbocycles. The first-order chi connectivity index (χ1) is 12.1. The zero-order chi connectivity index (χ0) is 19.0. The normalized spacial score (nSPS) is 43.1. The molecule has 4 aliphatic rings. The lowest BCUT2D eigenvalue weighted by atomic mass is 9.74. The minimum Gasteiger partial charge on any atom is -0.396 e. The zero-order valence-electron chi connectivity index (χ0n) is 15.5. The lowest BCUT2D eigenvalue weighted by Gasteiger charge is -2.39. The summed E-state index contributed by atoms with van der Waals surface area (Å²) in [5, 5.41) is 25.8. The molecule has 4 aliphatic carbocycles. The first-order valence-electron chi connectivity index (χ1n) is 9.57. The summed E-state index contributed by atoms with van der Waals surface area (Å²) in [4.78, 5) is 25.1.